The van der Waals surface area contributed by atoms with Crippen LogP contribution in [0, 0.1) is 0 Å². The van der Waals surface area contributed by atoms with Gasteiger partial charge in [-0.2, -0.15) is 0 Å². The molecule has 0 aromatic heterocycles. The monoisotopic (exact) mass is 251 g/mol. The Morgan fingerprint density at radius 2 is 2.17 bits per heavy atom. The minimum Gasteiger partial charge on any atom is -0.481 e. The Bertz CT molecular complexity index is 421. The van der Waals surface area contributed by atoms with Gasteiger partial charge in [-0.15, -0.1) is 0 Å². The summed E-state index contributed by atoms with van der Waals surface area (Å²) in [4.78, 5) is 13.2. The molecule has 2 rings (SSSR count). The number of carbonyl (C=O) groups is 1. The molecule has 0 aliphatic carbocycles. The second-order valence-corrected chi connectivity index (χ2v) is 4.23. The molecule has 1 atom stereocenters. The number of fused-ring (bicyclic) bond motifs is 1. The number of aliphatic hydroxyl groups excluding tert-OH is 1. The van der Waals surface area contributed by atoms with Gasteiger partial charge in [-0.25, -0.2) is 0 Å². The molecule has 1 aliphatic heterocycles. The number of ether oxygens (including phenoxy) is 1. The third-order valence-corrected chi connectivity index (χ3v) is 3.10. The molecule has 1 aromatic rings. The number of aliphatic hydroxyl groups is 1. The van der Waals surface area contributed by atoms with Gasteiger partial charge >= 0.3 is 5.97 Å². The Morgan fingerprint density at radius 1 is 1.39 bits per heavy atom. The zero-order chi connectivity index (χ0) is 13.0. The third kappa shape index (κ3) is 2.63. The molecular formula is C13H17NO4. The van der Waals surface area contributed by atoms with Crippen LogP contribution in [0.2, 0.25) is 0 Å². The Balaban J connectivity index is 2.04. The molecule has 5 heteroatoms. The van der Waals surface area contributed by atoms with Crippen molar-refractivity contribution in [1.29, 1.82) is 0 Å². The molecule has 18 heavy (non-hydrogen) atoms. The van der Waals surface area contributed by atoms with Crippen molar-refractivity contribution in [3.8, 4) is 0 Å². The molecule has 98 valence electrons. The van der Waals surface area contributed by atoms with E-state index in [1.54, 1.807) is 0 Å². The van der Waals surface area contributed by atoms with E-state index in [2.05, 4.69) is 0 Å². The molecule has 1 aliphatic rings. The van der Waals surface area contributed by atoms with Crippen LogP contribution in [0.25, 0.3) is 0 Å². The second kappa shape index (κ2) is 5.84. The van der Waals surface area contributed by atoms with Crippen molar-refractivity contribution < 1.29 is 19.7 Å². The highest BCUT2D eigenvalue weighted by molar-refractivity contribution is 5.82. The standard InChI is InChI=1S/C13H17NO4/c15-6-8-18-7-5-14-9-11(13(16)17)10-3-1-2-4-12(10)14/h1-4,11,15H,5-9H2,(H,16,17). The zero-order valence-electron chi connectivity index (χ0n) is 10.1. The Kier molecular flexibility index (Phi) is 4.17. The molecule has 2 N–H and O–H groups in total. The Morgan fingerprint density at radius 3 is 2.89 bits per heavy atom. The summed E-state index contributed by atoms with van der Waals surface area (Å²) in [5.74, 6) is -1.25. The SMILES string of the molecule is O=C(O)C1CN(CCOCCO)c2ccccc21. The van der Waals surface area contributed by atoms with Crippen molar-refractivity contribution in [2.45, 2.75) is 5.92 Å². The maximum atomic E-state index is 11.2. The van der Waals surface area contributed by atoms with Crippen LogP contribution < -0.4 is 4.90 Å². The average molecular weight is 251 g/mol. The number of carboxylic acid groups (broad SMARTS) is 1. The van der Waals surface area contributed by atoms with Crippen LogP contribution in [0.1, 0.15) is 11.5 Å². The molecule has 0 saturated carbocycles. The van der Waals surface area contributed by atoms with E-state index in [1.807, 2.05) is 29.2 Å². The summed E-state index contributed by atoms with van der Waals surface area (Å²) in [5.41, 5.74) is 1.84. The fourth-order valence-corrected chi connectivity index (χ4v) is 2.25. The lowest BCUT2D eigenvalue weighted by atomic mass is 10.0. The predicted octanol–water partition coefficient (Wildman–Crippen LogP) is 0.684. The van der Waals surface area contributed by atoms with Crippen molar-refractivity contribution in [2.75, 3.05) is 37.8 Å². The van der Waals surface area contributed by atoms with Gasteiger partial charge in [0.2, 0.25) is 0 Å². The lowest BCUT2D eigenvalue weighted by molar-refractivity contribution is -0.138. The summed E-state index contributed by atoms with van der Waals surface area (Å²) >= 11 is 0. The van der Waals surface area contributed by atoms with Crippen molar-refractivity contribution in [3.63, 3.8) is 0 Å². The van der Waals surface area contributed by atoms with E-state index >= 15 is 0 Å². The first-order chi connectivity index (χ1) is 8.74. The first-order valence-electron chi connectivity index (χ1n) is 5.99. The normalized spacial score (nSPS) is 17.8. The van der Waals surface area contributed by atoms with Gasteiger partial charge in [-0.3, -0.25) is 4.79 Å². The minimum absolute atomic E-state index is 0.00827. The maximum Gasteiger partial charge on any atom is 0.312 e. The molecule has 5 nitrogen and oxygen atoms in total. The van der Waals surface area contributed by atoms with Gasteiger partial charge < -0.3 is 19.8 Å². The van der Waals surface area contributed by atoms with Crippen molar-refractivity contribution >= 4 is 11.7 Å². The molecule has 0 fully saturated rings. The van der Waals surface area contributed by atoms with Crippen LogP contribution in [0.15, 0.2) is 24.3 Å². The molecule has 1 aromatic carbocycles. The van der Waals surface area contributed by atoms with E-state index in [4.69, 9.17) is 9.84 Å². The molecule has 0 amide bonds. The summed E-state index contributed by atoms with van der Waals surface area (Å²) < 4.78 is 5.22. The Labute approximate surface area is 106 Å². The maximum absolute atomic E-state index is 11.2. The highest BCUT2D eigenvalue weighted by Crippen LogP contribution is 2.35. The molecular weight excluding hydrogens is 234 g/mol. The highest BCUT2D eigenvalue weighted by Gasteiger charge is 2.32. The topological polar surface area (TPSA) is 70.0 Å². The number of carboxylic acids is 1. The fourth-order valence-electron chi connectivity index (χ4n) is 2.25. The highest BCUT2D eigenvalue weighted by atomic mass is 16.5. The fraction of sp³-hybridized carbons (Fsp3) is 0.462. The van der Waals surface area contributed by atoms with Crippen LogP contribution in [0.4, 0.5) is 5.69 Å². The molecule has 1 heterocycles. The average Bonchev–Trinajstić information content (AvgIpc) is 2.74. The van der Waals surface area contributed by atoms with Crippen molar-refractivity contribution in [2.24, 2.45) is 0 Å². The van der Waals surface area contributed by atoms with E-state index in [9.17, 15) is 9.90 Å². The van der Waals surface area contributed by atoms with Crippen molar-refractivity contribution in [1.82, 2.24) is 0 Å². The van der Waals surface area contributed by atoms with Crippen LogP contribution in [0.3, 0.4) is 0 Å². The van der Waals surface area contributed by atoms with E-state index in [0.29, 0.717) is 26.3 Å². The quantitative estimate of drug-likeness (QED) is 0.728. The van der Waals surface area contributed by atoms with E-state index < -0.39 is 11.9 Å². The largest absolute Gasteiger partial charge is 0.481 e. The molecule has 0 bridgehead atoms. The number of hydrogen-bond acceptors (Lipinski definition) is 4. The summed E-state index contributed by atoms with van der Waals surface area (Å²) in [5, 5.41) is 17.8. The molecule has 0 radical (unpaired) electrons. The molecule has 1 unspecified atom stereocenters. The summed E-state index contributed by atoms with van der Waals surface area (Å²) in [7, 11) is 0. The minimum atomic E-state index is -0.791. The predicted molar refractivity (Wildman–Crippen MR) is 66.9 cm³/mol. The van der Waals surface area contributed by atoms with Gasteiger partial charge in [-0.05, 0) is 11.6 Å². The second-order valence-electron chi connectivity index (χ2n) is 4.23. The van der Waals surface area contributed by atoms with Gasteiger partial charge in [0, 0.05) is 18.8 Å². The van der Waals surface area contributed by atoms with Crippen LogP contribution in [-0.2, 0) is 9.53 Å². The Hall–Kier alpha value is -1.59. The van der Waals surface area contributed by atoms with Crippen LogP contribution in [0.5, 0.6) is 0 Å². The molecule has 0 saturated heterocycles. The summed E-state index contributed by atoms with van der Waals surface area (Å²) in [6.07, 6.45) is 0. The smallest absolute Gasteiger partial charge is 0.312 e. The zero-order valence-corrected chi connectivity index (χ0v) is 10.1. The number of aliphatic carboxylic acids is 1. The number of benzene rings is 1. The van der Waals surface area contributed by atoms with Crippen LogP contribution >= 0.6 is 0 Å². The van der Waals surface area contributed by atoms with Gasteiger partial charge in [-0.1, -0.05) is 18.2 Å². The van der Waals surface area contributed by atoms with Gasteiger partial charge in [0.05, 0.1) is 19.8 Å². The molecule has 0 spiro atoms. The van der Waals surface area contributed by atoms with E-state index in [1.165, 1.54) is 0 Å². The van der Waals surface area contributed by atoms with Gasteiger partial charge in [0.15, 0.2) is 0 Å². The lowest BCUT2D eigenvalue weighted by Crippen LogP contribution is -2.28. The number of rotatable bonds is 6. The number of nitrogens with zero attached hydrogens (tertiary/aromatic N) is 1. The lowest BCUT2D eigenvalue weighted by Gasteiger charge is -2.19. The van der Waals surface area contributed by atoms with Crippen LogP contribution in [-0.4, -0.2) is 49.1 Å². The van der Waals surface area contributed by atoms with E-state index in [0.717, 1.165) is 11.3 Å². The number of para-hydroxylation sites is 1. The number of hydrogen-bond donors (Lipinski definition) is 2. The first kappa shape index (κ1) is 12.9. The third-order valence-electron chi connectivity index (χ3n) is 3.10. The van der Waals surface area contributed by atoms with E-state index in [-0.39, 0.29) is 6.61 Å². The first-order valence-corrected chi connectivity index (χ1v) is 5.99. The van der Waals surface area contributed by atoms with Gasteiger partial charge in [0.1, 0.15) is 5.92 Å². The van der Waals surface area contributed by atoms with Crippen molar-refractivity contribution in [3.05, 3.63) is 29.8 Å². The summed E-state index contributed by atoms with van der Waals surface area (Å²) in [6.45, 7) is 1.94. The summed E-state index contributed by atoms with van der Waals surface area (Å²) in [6, 6.07) is 7.57. The number of anilines is 1. The van der Waals surface area contributed by atoms with Gasteiger partial charge in [0.25, 0.3) is 0 Å².